The van der Waals surface area contributed by atoms with Gasteiger partial charge in [0.1, 0.15) is 11.5 Å². The van der Waals surface area contributed by atoms with Gasteiger partial charge < -0.3 is 4.42 Å². The number of hydrogen-bond donors (Lipinski definition) is 0. The molecule has 0 bridgehead atoms. The van der Waals surface area contributed by atoms with E-state index in [0.717, 1.165) is 24.6 Å². The van der Waals surface area contributed by atoms with Gasteiger partial charge in [-0.2, -0.15) is 0 Å². The van der Waals surface area contributed by atoms with Gasteiger partial charge >= 0.3 is 0 Å². The van der Waals surface area contributed by atoms with Crippen molar-refractivity contribution in [1.29, 1.82) is 0 Å². The first-order valence-corrected chi connectivity index (χ1v) is 10.8. The maximum atomic E-state index is 6.18. The molecule has 0 amide bonds. The molecule has 3 nitrogen and oxygen atoms in total. The summed E-state index contributed by atoms with van der Waals surface area (Å²) >= 11 is 0. The van der Waals surface area contributed by atoms with E-state index in [9.17, 15) is 0 Å². The Bertz CT molecular complexity index is 363. The van der Waals surface area contributed by atoms with E-state index < -0.39 is 0 Å². The van der Waals surface area contributed by atoms with E-state index in [0.29, 0.717) is 0 Å². The highest BCUT2D eigenvalue weighted by atomic mass is 16.3. The average molecular weight is 351 g/mol. The molecule has 0 aliphatic carbocycles. The predicted octanol–water partition coefficient (Wildman–Crippen LogP) is 6.08. The molecule has 0 saturated carbocycles. The van der Waals surface area contributed by atoms with Crippen LogP contribution in [0.1, 0.15) is 90.6 Å². The van der Waals surface area contributed by atoms with E-state index in [2.05, 4.69) is 49.6 Å². The lowest BCUT2D eigenvalue weighted by Gasteiger charge is -2.21. The molecule has 1 heterocycles. The Balaban J connectivity index is 2.55. The van der Waals surface area contributed by atoms with Crippen LogP contribution in [0, 0.1) is 0 Å². The van der Waals surface area contributed by atoms with Crippen LogP contribution in [-0.2, 0) is 13.1 Å². The predicted molar refractivity (Wildman–Crippen MR) is 109 cm³/mol. The summed E-state index contributed by atoms with van der Waals surface area (Å²) < 4.78 is 6.18. The second kappa shape index (κ2) is 14.4. The molecule has 0 N–H and O–H groups in total. The first-order chi connectivity index (χ1) is 12.2. The van der Waals surface area contributed by atoms with Gasteiger partial charge in [0, 0.05) is 0 Å². The zero-order valence-corrected chi connectivity index (χ0v) is 17.4. The molecular weight excluding hydrogens is 308 g/mol. The number of unbranched alkanes of at least 4 members (excludes halogenated alkanes) is 4. The van der Waals surface area contributed by atoms with Gasteiger partial charge in [0.25, 0.3) is 0 Å². The Morgan fingerprint density at radius 3 is 1.20 bits per heavy atom. The molecule has 25 heavy (non-hydrogen) atoms. The zero-order chi connectivity index (χ0) is 18.3. The molecule has 1 rings (SSSR count). The summed E-state index contributed by atoms with van der Waals surface area (Å²) in [4.78, 5) is 5.11. The number of nitrogens with zero attached hydrogens (tertiary/aromatic N) is 2. The quantitative estimate of drug-likeness (QED) is 0.360. The molecule has 1 aromatic rings. The van der Waals surface area contributed by atoms with Gasteiger partial charge in [-0.05, 0) is 64.0 Å². The van der Waals surface area contributed by atoms with Gasteiger partial charge in [-0.15, -0.1) is 0 Å². The van der Waals surface area contributed by atoms with Gasteiger partial charge in [0.05, 0.1) is 13.1 Å². The van der Waals surface area contributed by atoms with Crippen LogP contribution in [0.5, 0.6) is 0 Å². The van der Waals surface area contributed by atoms with Crippen molar-refractivity contribution in [2.45, 2.75) is 92.2 Å². The Morgan fingerprint density at radius 2 is 0.920 bits per heavy atom. The molecule has 0 fully saturated rings. The van der Waals surface area contributed by atoms with Crippen LogP contribution in [-0.4, -0.2) is 36.0 Å². The van der Waals surface area contributed by atoms with E-state index in [1.165, 1.54) is 77.5 Å². The summed E-state index contributed by atoms with van der Waals surface area (Å²) in [5.41, 5.74) is 0. The first-order valence-electron chi connectivity index (χ1n) is 10.8. The van der Waals surface area contributed by atoms with Crippen molar-refractivity contribution in [3.05, 3.63) is 23.7 Å². The highest BCUT2D eigenvalue weighted by molar-refractivity contribution is 5.07. The number of rotatable bonds is 16. The highest BCUT2D eigenvalue weighted by Crippen LogP contribution is 2.15. The maximum absolute atomic E-state index is 6.18. The van der Waals surface area contributed by atoms with E-state index in [-0.39, 0.29) is 0 Å². The second-order valence-electron chi connectivity index (χ2n) is 7.33. The minimum absolute atomic E-state index is 0.962. The van der Waals surface area contributed by atoms with Gasteiger partial charge in [-0.1, -0.05) is 53.4 Å². The lowest BCUT2D eigenvalue weighted by molar-refractivity contribution is 0.215. The number of hydrogen-bond acceptors (Lipinski definition) is 3. The summed E-state index contributed by atoms with van der Waals surface area (Å²) in [7, 11) is 0. The maximum Gasteiger partial charge on any atom is 0.118 e. The van der Waals surface area contributed by atoms with E-state index in [4.69, 9.17) is 4.42 Å². The Labute approximate surface area is 156 Å². The molecule has 0 unspecified atom stereocenters. The van der Waals surface area contributed by atoms with Crippen LogP contribution < -0.4 is 0 Å². The lowest BCUT2D eigenvalue weighted by atomic mass is 10.2. The fourth-order valence-electron chi connectivity index (χ4n) is 3.10. The van der Waals surface area contributed by atoms with Crippen molar-refractivity contribution in [3.63, 3.8) is 0 Å². The number of furan rings is 1. The molecule has 0 aliphatic heterocycles. The molecule has 0 atom stereocenters. The molecule has 1 aromatic heterocycles. The van der Waals surface area contributed by atoms with Crippen LogP contribution in [0.2, 0.25) is 0 Å². The van der Waals surface area contributed by atoms with Crippen molar-refractivity contribution in [2.75, 3.05) is 26.2 Å². The topological polar surface area (TPSA) is 19.6 Å². The molecule has 146 valence electrons. The largest absolute Gasteiger partial charge is 0.463 e. The summed E-state index contributed by atoms with van der Waals surface area (Å²) in [5.74, 6) is 2.27. The van der Waals surface area contributed by atoms with Gasteiger partial charge in [-0.25, -0.2) is 0 Å². The van der Waals surface area contributed by atoms with Gasteiger partial charge in [-0.3, -0.25) is 9.80 Å². The molecule has 0 saturated heterocycles. The summed E-state index contributed by atoms with van der Waals surface area (Å²) in [6.45, 7) is 15.7. The lowest BCUT2D eigenvalue weighted by Crippen LogP contribution is -2.26. The minimum atomic E-state index is 0.962. The van der Waals surface area contributed by atoms with Crippen LogP contribution >= 0.6 is 0 Å². The summed E-state index contributed by atoms with van der Waals surface area (Å²) in [5, 5.41) is 0. The minimum Gasteiger partial charge on any atom is -0.463 e. The second-order valence-corrected chi connectivity index (χ2v) is 7.33. The average Bonchev–Trinajstić information content (AvgIpc) is 3.06. The standard InChI is InChI=1S/C22H42N2O/c1-5-9-15-23(16-10-6-2)19-21-13-14-22(25-21)20-24(17-11-7-3)18-12-8-4/h13-14H,5-12,15-20H2,1-4H3. The van der Waals surface area contributed by atoms with E-state index in [1.54, 1.807) is 0 Å². The van der Waals surface area contributed by atoms with Gasteiger partial charge in [0.2, 0.25) is 0 Å². The van der Waals surface area contributed by atoms with E-state index in [1.807, 2.05) is 0 Å². The zero-order valence-electron chi connectivity index (χ0n) is 17.4. The fourth-order valence-corrected chi connectivity index (χ4v) is 3.10. The molecular formula is C22H42N2O. The monoisotopic (exact) mass is 350 g/mol. The molecule has 0 aliphatic rings. The third-order valence-corrected chi connectivity index (χ3v) is 4.79. The molecule has 0 radical (unpaired) electrons. The SMILES string of the molecule is CCCCN(CCCC)Cc1ccc(CN(CCCC)CCCC)o1. The molecule has 3 heteroatoms. The normalized spacial score (nSPS) is 11.8. The van der Waals surface area contributed by atoms with Crippen molar-refractivity contribution < 1.29 is 4.42 Å². The third kappa shape index (κ3) is 10.1. The molecule has 0 aromatic carbocycles. The third-order valence-electron chi connectivity index (χ3n) is 4.79. The summed E-state index contributed by atoms with van der Waals surface area (Å²) in [6.07, 6.45) is 10.1. The van der Waals surface area contributed by atoms with Gasteiger partial charge in [0.15, 0.2) is 0 Å². The van der Waals surface area contributed by atoms with Crippen LogP contribution in [0.4, 0.5) is 0 Å². The first kappa shape index (κ1) is 22.2. The fraction of sp³-hybridized carbons (Fsp3) is 0.818. The smallest absolute Gasteiger partial charge is 0.118 e. The molecule has 0 spiro atoms. The van der Waals surface area contributed by atoms with E-state index >= 15 is 0 Å². The Hall–Kier alpha value is -0.800. The Kier molecular flexibility index (Phi) is 12.8. The van der Waals surface area contributed by atoms with Crippen LogP contribution in [0.3, 0.4) is 0 Å². The van der Waals surface area contributed by atoms with Crippen LogP contribution in [0.25, 0.3) is 0 Å². The van der Waals surface area contributed by atoms with Crippen LogP contribution in [0.15, 0.2) is 16.5 Å². The van der Waals surface area contributed by atoms with Crippen molar-refractivity contribution >= 4 is 0 Å². The Morgan fingerprint density at radius 1 is 0.600 bits per heavy atom. The summed E-state index contributed by atoms with van der Waals surface area (Å²) in [6, 6.07) is 4.39. The van der Waals surface area contributed by atoms with Crippen molar-refractivity contribution in [1.82, 2.24) is 9.80 Å². The van der Waals surface area contributed by atoms with Crippen molar-refractivity contribution in [2.24, 2.45) is 0 Å². The van der Waals surface area contributed by atoms with Crippen molar-refractivity contribution in [3.8, 4) is 0 Å². The highest BCUT2D eigenvalue weighted by Gasteiger charge is 2.11.